The van der Waals surface area contributed by atoms with Crippen molar-refractivity contribution in [2.75, 3.05) is 24.5 Å². The minimum atomic E-state index is -0.0880. The van der Waals surface area contributed by atoms with Crippen molar-refractivity contribution in [2.45, 2.75) is 20.8 Å². The Balaban J connectivity index is 1.62. The molecule has 0 bridgehead atoms. The molecule has 0 saturated heterocycles. The molecule has 1 amide bonds. The van der Waals surface area contributed by atoms with Gasteiger partial charge in [-0.15, -0.1) is 0 Å². The lowest BCUT2D eigenvalue weighted by Gasteiger charge is -2.23. The van der Waals surface area contributed by atoms with Gasteiger partial charge in [-0.1, -0.05) is 30.3 Å². The van der Waals surface area contributed by atoms with Gasteiger partial charge in [0.1, 0.15) is 0 Å². The number of rotatable bonds is 7. The highest BCUT2D eigenvalue weighted by molar-refractivity contribution is 5.95. The van der Waals surface area contributed by atoms with Crippen molar-refractivity contribution >= 4 is 11.6 Å². The molecule has 0 aliphatic rings. The second kappa shape index (κ2) is 8.54. The minimum absolute atomic E-state index is 0.0880. The quantitative estimate of drug-likeness (QED) is 0.696. The first-order chi connectivity index (χ1) is 13.1. The number of nitrogens with one attached hydrogen (secondary N) is 1. The SMILES string of the molecule is CCN(CCNC(=O)c1cnn(-c2ccccc2)c1C)c1cccc(C)c1. The van der Waals surface area contributed by atoms with Crippen molar-refractivity contribution in [1.29, 1.82) is 0 Å². The topological polar surface area (TPSA) is 50.2 Å². The first kappa shape index (κ1) is 18.7. The Kier molecular flexibility index (Phi) is 5.91. The zero-order chi connectivity index (χ0) is 19.2. The van der Waals surface area contributed by atoms with Crippen molar-refractivity contribution in [3.8, 4) is 5.69 Å². The maximum absolute atomic E-state index is 12.6. The Morgan fingerprint density at radius 3 is 2.59 bits per heavy atom. The fourth-order valence-corrected chi connectivity index (χ4v) is 3.16. The highest BCUT2D eigenvalue weighted by atomic mass is 16.1. The maximum atomic E-state index is 12.6. The Labute approximate surface area is 160 Å². The van der Waals surface area contributed by atoms with Crippen molar-refractivity contribution in [3.63, 3.8) is 0 Å². The molecule has 0 saturated carbocycles. The monoisotopic (exact) mass is 362 g/mol. The van der Waals surface area contributed by atoms with Crippen molar-refractivity contribution in [2.24, 2.45) is 0 Å². The van der Waals surface area contributed by atoms with Crippen LogP contribution in [0.3, 0.4) is 0 Å². The maximum Gasteiger partial charge on any atom is 0.254 e. The fraction of sp³-hybridized carbons (Fsp3) is 0.273. The van der Waals surface area contributed by atoms with Crippen LogP contribution in [0, 0.1) is 13.8 Å². The van der Waals surface area contributed by atoms with Crippen LogP contribution in [0.2, 0.25) is 0 Å². The molecule has 5 heteroatoms. The number of amides is 1. The summed E-state index contributed by atoms with van der Waals surface area (Å²) >= 11 is 0. The number of carbonyl (C=O) groups is 1. The van der Waals surface area contributed by atoms with Crippen LogP contribution in [0.1, 0.15) is 28.5 Å². The summed E-state index contributed by atoms with van der Waals surface area (Å²) in [7, 11) is 0. The van der Waals surface area contributed by atoms with E-state index in [4.69, 9.17) is 0 Å². The zero-order valence-corrected chi connectivity index (χ0v) is 16.1. The Bertz CT molecular complexity index is 902. The number of anilines is 1. The van der Waals surface area contributed by atoms with Gasteiger partial charge >= 0.3 is 0 Å². The van der Waals surface area contributed by atoms with Gasteiger partial charge in [-0.25, -0.2) is 4.68 Å². The molecule has 5 nitrogen and oxygen atoms in total. The third-order valence-electron chi connectivity index (χ3n) is 4.67. The number of hydrogen-bond acceptors (Lipinski definition) is 3. The van der Waals surface area contributed by atoms with Crippen molar-refractivity contribution in [3.05, 3.63) is 77.6 Å². The molecule has 27 heavy (non-hydrogen) atoms. The van der Waals surface area contributed by atoms with Gasteiger partial charge in [-0.3, -0.25) is 4.79 Å². The molecule has 0 spiro atoms. The van der Waals surface area contributed by atoms with Crippen LogP contribution in [0.15, 0.2) is 60.8 Å². The van der Waals surface area contributed by atoms with Crippen LogP contribution in [0.4, 0.5) is 5.69 Å². The molecule has 0 radical (unpaired) electrons. The van der Waals surface area contributed by atoms with Crippen LogP contribution in [0.5, 0.6) is 0 Å². The van der Waals surface area contributed by atoms with E-state index in [-0.39, 0.29) is 5.91 Å². The molecule has 0 aliphatic carbocycles. The van der Waals surface area contributed by atoms with Crippen LogP contribution in [-0.4, -0.2) is 35.3 Å². The number of hydrogen-bond donors (Lipinski definition) is 1. The van der Waals surface area contributed by atoms with Crippen LogP contribution in [-0.2, 0) is 0 Å². The second-order valence-electron chi connectivity index (χ2n) is 6.57. The number of nitrogens with zero attached hydrogens (tertiary/aromatic N) is 3. The summed E-state index contributed by atoms with van der Waals surface area (Å²) in [5, 5.41) is 7.39. The van der Waals surface area contributed by atoms with E-state index in [0.717, 1.165) is 24.5 Å². The molecule has 3 aromatic rings. The van der Waals surface area contributed by atoms with Gasteiger partial charge in [0.05, 0.1) is 23.1 Å². The van der Waals surface area contributed by atoms with E-state index in [1.54, 1.807) is 10.9 Å². The zero-order valence-electron chi connectivity index (χ0n) is 16.1. The fourth-order valence-electron chi connectivity index (χ4n) is 3.16. The predicted octanol–water partition coefficient (Wildman–Crippen LogP) is 3.75. The lowest BCUT2D eigenvalue weighted by Crippen LogP contribution is -2.35. The molecule has 3 rings (SSSR count). The highest BCUT2D eigenvalue weighted by Gasteiger charge is 2.15. The number of aryl methyl sites for hydroxylation is 1. The summed E-state index contributed by atoms with van der Waals surface area (Å²) in [6.45, 7) is 8.36. The molecule has 0 fully saturated rings. The number of likely N-dealkylation sites (N-methyl/N-ethyl adjacent to an activating group) is 1. The highest BCUT2D eigenvalue weighted by Crippen LogP contribution is 2.16. The predicted molar refractivity (Wildman–Crippen MR) is 110 cm³/mol. The number of para-hydroxylation sites is 1. The van der Waals surface area contributed by atoms with E-state index in [0.29, 0.717) is 12.1 Å². The molecular weight excluding hydrogens is 336 g/mol. The van der Waals surface area contributed by atoms with Crippen LogP contribution < -0.4 is 10.2 Å². The first-order valence-electron chi connectivity index (χ1n) is 9.30. The average molecular weight is 362 g/mol. The van der Waals surface area contributed by atoms with E-state index in [9.17, 15) is 4.79 Å². The third kappa shape index (κ3) is 4.37. The third-order valence-corrected chi connectivity index (χ3v) is 4.67. The summed E-state index contributed by atoms with van der Waals surface area (Å²) in [4.78, 5) is 14.8. The summed E-state index contributed by atoms with van der Waals surface area (Å²) in [5.41, 5.74) is 4.81. The van der Waals surface area contributed by atoms with Gasteiger partial charge in [0.2, 0.25) is 0 Å². The van der Waals surface area contributed by atoms with Crippen molar-refractivity contribution in [1.82, 2.24) is 15.1 Å². The molecule has 2 aromatic carbocycles. The Hall–Kier alpha value is -3.08. The summed E-state index contributed by atoms with van der Waals surface area (Å²) in [5.74, 6) is -0.0880. The van der Waals surface area contributed by atoms with E-state index in [2.05, 4.69) is 53.4 Å². The van der Waals surface area contributed by atoms with Gasteiger partial charge in [-0.05, 0) is 50.6 Å². The minimum Gasteiger partial charge on any atom is -0.370 e. The number of carbonyl (C=O) groups excluding carboxylic acids is 1. The summed E-state index contributed by atoms with van der Waals surface area (Å²) < 4.78 is 1.79. The second-order valence-corrected chi connectivity index (χ2v) is 6.57. The average Bonchev–Trinajstić information content (AvgIpc) is 3.07. The first-order valence-corrected chi connectivity index (χ1v) is 9.30. The largest absolute Gasteiger partial charge is 0.370 e. The lowest BCUT2D eigenvalue weighted by molar-refractivity contribution is 0.0954. The van der Waals surface area contributed by atoms with E-state index in [1.807, 2.05) is 37.3 Å². The van der Waals surface area contributed by atoms with Crippen molar-refractivity contribution < 1.29 is 4.79 Å². The molecule has 1 aromatic heterocycles. The van der Waals surface area contributed by atoms with Gasteiger partial charge in [0, 0.05) is 25.3 Å². The number of aromatic nitrogens is 2. The Morgan fingerprint density at radius 2 is 1.89 bits per heavy atom. The van der Waals surface area contributed by atoms with Gasteiger partial charge in [0.15, 0.2) is 0 Å². The molecular formula is C22H26N4O. The standard InChI is InChI=1S/C22H26N4O/c1-4-25(20-12-8-9-17(2)15-20)14-13-23-22(27)21-16-24-26(18(21)3)19-10-6-5-7-11-19/h5-12,15-16H,4,13-14H2,1-3H3,(H,23,27). The lowest BCUT2D eigenvalue weighted by atomic mass is 10.2. The molecule has 0 atom stereocenters. The molecule has 0 unspecified atom stereocenters. The summed E-state index contributed by atoms with van der Waals surface area (Å²) in [6.07, 6.45) is 1.63. The summed E-state index contributed by atoms with van der Waals surface area (Å²) in [6, 6.07) is 18.3. The van der Waals surface area contributed by atoms with Gasteiger partial charge in [-0.2, -0.15) is 5.10 Å². The molecule has 140 valence electrons. The van der Waals surface area contributed by atoms with Crippen LogP contribution >= 0.6 is 0 Å². The van der Waals surface area contributed by atoms with E-state index in [1.165, 1.54) is 11.3 Å². The van der Waals surface area contributed by atoms with E-state index >= 15 is 0 Å². The molecule has 0 aliphatic heterocycles. The van der Waals surface area contributed by atoms with Crippen LogP contribution in [0.25, 0.3) is 5.69 Å². The smallest absolute Gasteiger partial charge is 0.254 e. The Morgan fingerprint density at radius 1 is 1.11 bits per heavy atom. The molecule has 1 heterocycles. The normalized spacial score (nSPS) is 10.6. The molecule has 1 N–H and O–H groups in total. The van der Waals surface area contributed by atoms with Gasteiger partial charge < -0.3 is 10.2 Å². The van der Waals surface area contributed by atoms with Gasteiger partial charge in [0.25, 0.3) is 5.91 Å². The number of benzene rings is 2. The van der Waals surface area contributed by atoms with E-state index < -0.39 is 0 Å².